The fraction of sp³-hybridized carbons (Fsp3) is 0.615. The number of anilines is 1. The van der Waals surface area contributed by atoms with Crippen LogP contribution in [0.2, 0.25) is 0 Å². The zero-order valence-corrected chi connectivity index (χ0v) is 11.9. The Hall–Kier alpha value is -1.90. The molecule has 1 saturated heterocycles. The van der Waals surface area contributed by atoms with Crippen molar-refractivity contribution in [3.8, 4) is 0 Å². The van der Waals surface area contributed by atoms with Gasteiger partial charge < -0.3 is 11.1 Å². The van der Waals surface area contributed by atoms with E-state index in [9.17, 15) is 18.0 Å². The Morgan fingerprint density at radius 3 is 2.95 bits per heavy atom. The van der Waals surface area contributed by atoms with Gasteiger partial charge in [-0.3, -0.25) is 9.69 Å². The number of nitrogens with zero attached hydrogens (tertiary/aromatic N) is 3. The molecule has 2 rings (SSSR count). The van der Waals surface area contributed by atoms with Gasteiger partial charge in [0.1, 0.15) is 11.6 Å². The molecular weight excluding hydrogens is 299 g/mol. The summed E-state index contributed by atoms with van der Waals surface area (Å²) in [6, 6.07) is 1.53. The molecule has 1 atom stereocenters. The number of carbonyl (C=O) groups is 1. The number of hydrogen-bond donors (Lipinski definition) is 2. The number of nitrogens with one attached hydrogen (secondary N) is 1. The lowest BCUT2D eigenvalue weighted by Crippen LogP contribution is -2.46. The fourth-order valence-electron chi connectivity index (χ4n) is 2.48. The largest absolute Gasteiger partial charge is 0.401 e. The molecule has 0 radical (unpaired) electrons. The molecule has 22 heavy (non-hydrogen) atoms. The van der Waals surface area contributed by atoms with Crippen molar-refractivity contribution < 1.29 is 18.0 Å². The first-order valence-corrected chi connectivity index (χ1v) is 6.98. The van der Waals surface area contributed by atoms with Crippen LogP contribution in [0.25, 0.3) is 0 Å². The summed E-state index contributed by atoms with van der Waals surface area (Å²) < 4.78 is 37.2. The lowest BCUT2D eigenvalue weighted by Gasteiger charge is -2.32. The first-order valence-electron chi connectivity index (χ1n) is 6.98. The van der Waals surface area contributed by atoms with E-state index in [4.69, 9.17) is 5.73 Å². The summed E-state index contributed by atoms with van der Waals surface area (Å²) in [4.78, 5) is 21.2. The minimum Gasteiger partial charge on any atom is -0.384 e. The highest BCUT2D eigenvalue weighted by Crippen LogP contribution is 2.22. The number of rotatable bonds is 4. The van der Waals surface area contributed by atoms with Crippen molar-refractivity contribution in [3.63, 3.8) is 0 Å². The number of nitrogen functional groups attached to an aromatic ring is 1. The van der Waals surface area contributed by atoms with Crippen molar-refractivity contribution in [1.29, 1.82) is 0 Å². The Morgan fingerprint density at radius 2 is 2.27 bits per heavy atom. The van der Waals surface area contributed by atoms with Crippen LogP contribution in [0.15, 0.2) is 12.3 Å². The van der Waals surface area contributed by atoms with Crippen molar-refractivity contribution in [2.75, 3.05) is 25.4 Å². The zero-order chi connectivity index (χ0) is 16.2. The molecular formula is C13H18F3N5O. The Bertz CT molecular complexity index is 523. The van der Waals surface area contributed by atoms with Crippen LogP contribution in [-0.4, -0.2) is 46.6 Å². The summed E-state index contributed by atoms with van der Waals surface area (Å²) in [6.07, 6.45) is -1.61. The van der Waals surface area contributed by atoms with Crippen LogP contribution in [0.5, 0.6) is 0 Å². The van der Waals surface area contributed by atoms with Crippen LogP contribution < -0.4 is 11.1 Å². The van der Waals surface area contributed by atoms with Crippen molar-refractivity contribution in [2.45, 2.75) is 25.6 Å². The molecule has 6 nitrogen and oxygen atoms in total. The molecule has 3 N–H and O–H groups in total. The van der Waals surface area contributed by atoms with E-state index < -0.39 is 18.6 Å². The maximum Gasteiger partial charge on any atom is 0.401 e. The zero-order valence-electron chi connectivity index (χ0n) is 11.9. The quantitative estimate of drug-likeness (QED) is 0.864. The number of alkyl halides is 3. The standard InChI is InChI=1S/C13H18F3N5O/c14-13(15,16)8-21-5-1-2-9(7-21)12(22)19-6-11-18-4-3-10(17)20-11/h3-4,9H,1-2,5-8H2,(H,19,22)(H2,17,18,20). The Kier molecular flexibility index (Phi) is 5.17. The Balaban J connectivity index is 1.84. The van der Waals surface area contributed by atoms with Crippen molar-refractivity contribution >= 4 is 11.7 Å². The van der Waals surface area contributed by atoms with E-state index in [0.29, 0.717) is 31.0 Å². The molecule has 2 heterocycles. The summed E-state index contributed by atoms with van der Waals surface area (Å²) in [5.74, 6) is -0.0559. The normalized spacial score (nSPS) is 19.9. The second-order valence-electron chi connectivity index (χ2n) is 5.30. The summed E-state index contributed by atoms with van der Waals surface area (Å²) in [5.41, 5.74) is 5.51. The van der Waals surface area contributed by atoms with Gasteiger partial charge in [-0.25, -0.2) is 9.97 Å². The summed E-state index contributed by atoms with van der Waals surface area (Å²) in [7, 11) is 0. The molecule has 1 aromatic rings. The molecule has 122 valence electrons. The number of likely N-dealkylation sites (tertiary alicyclic amines) is 1. The average Bonchev–Trinajstić information content (AvgIpc) is 2.43. The molecule has 1 fully saturated rings. The Morgan fingerprint density at radius 1 is 1.50 bits per heavy atom. The van der Waals surface area contributed by atoms with Gasteiger partial charge in [0.2, 0.25) is 5.91 Å². The highest BCUT2D eigenvalue weighted by Gasteiger charge is 2.34. The van der Waals surface area contributed by atoms with Gasteiger partial charge >= 0.3 is 6.18 Å². The van der Waals surface area contributed by atoms with Crippen LogP contribution in [0.3, 0.4) is 0 Å². The van der Waals surface area contributed by atoms with E-state index in [2.05, 4.69) is 15.3 Å². The minimum absolute atomic E-state index is 0.111. The molecule has 1 aromatic heterocycles. The average molecular weight is 317 g/mol. The number of nitrogens with two attached hydrogens (primary N) is 1. The molecule has 1 amide bonds. The van der Waals surface area contributed by atoms with Gasteiger partial charge in [-0.05, 0) is 25.5 Å². The van der Waals surface area contributed by atoms with E-state index in [1.807, 2.05) is 0 Å². The van der Waals surface area contributed by atoms with Crippen LogP contribution >= 0.6 is 0 Å². The van der Waals surface area contributed by atoms with Gasteiger partial charge in [0.25, 0.3) is 0 Å². The van der Waals surface area contributed by atoms with Gasteiger partial charge in [0.05, 0.1) is 19.0 Å². The third-order valence-electron chi connectivity index (χ3n) is 3.43. The van der Waals surface area contributed by atoms with E-state index in [1.54, 1.807) is 0 Å². The summed E-state index contributed by atoms with van der Waals surface area (Å²) >= 11 is 0. The van der Waals surface area contributed by atoms with Crippen LogP contribution in [0.1, 0.15) is 18.7 Å². The number of hydrogen-bond acceptors (Lipinski definition) is 5. The predicted octanol–water partition coefficient (Wildman–Crippen LogP) is 0.949. The van der Waals surface area contributed by atoms with E-state index in [1.165, 1.54) is 17.2 Å². The smallest absolute Gasteiger partial charge is 0.384 e. The molecule has 0 aliphatic carbocycles. The van der Waals surface area contributed by atoms with E-state index >= 15 is 0 Å². The third kappa shape index (κ3) is 5.14. The second kappa shape index (κ2) is 6.91. The van der Waals surface area contributed by atoms with Gasteiger partial charge in [-0.15, -0.1) is 0 Å². The summed E-state index contributed by atoms with van der Waals surface area (Å²) in [5, 5.41) is 2.65. The number of amides is 1. The number of carbonyl (C=O) groups excluding carboxylic acids is 1. The predicted molar refractivity (Wildman–Crippen MR) is 73.5 cm³/mol. The highest BCUT2D eigenvalue weighted by molar-refractivity contribution is 5.78. The van der Waals surface area contributed by atoms with Gasteiger partial charge in [-0.2, -0.15) is 13.2 Å². The van der Waals surface area contributed by atoms with Crippen molar-refractivity contribution in [2.24, 2.45) is 5.92 Å². The van der Waals surface area contributed by atoms with Crippen molar-refractivity contribution in [1.82, 2.24) is 20.2 Å². The first kappa shape index (κ1) is 16.5. The number of piperidine rings is 1. The SMILES string of the molecule is Nc1ccnc(CNC(=O)C2CCCN(CC(F)(F)F)C2)n1. The van der Waals surface area contributed by atoms with Crippen LogP contribution in [0, 0.1) is 5.92 Å². The lowest BCUT2D eigenvalue weighted by atomic mass is 9.97. The number of halogens is 3. The third-order valence-corrected chi connectivity index (χ3v) is 3.43. The molecule has 1 unspecified atom stereocenters. The summed E-state index contributed by atoms with van der Waals surface area (Å²) in [6.45, 7) is -0.389. The molecule has 9 heteroatoms. The molecule has 0 saturated carbocycles. The first-order chi connectivity index (χ1) is 10.3. The van der Waals surface area contributed by atoms with Gasteiger partial charge in [0.15, 0.2) is 0 Å². The molecule has 1 aliphatic rings. The molecule has 0 spiro atoms. The molecule has 1 aliphatic heterocycles. The van der Waals surface area contributed by atoms with Crippen LogP contribution in [0.4, 0.5) is 19.0 Å². The molecule has 0 aromatic carbocycles. The lowest BCUT2D eigenvalue weighted by molar-refractivity contribution is -0.152. The monoisotopic (exact) mass is 317 g/mol. The topological polar surface area (TPSA) is 84.1 Å². The maximum atomic E-state index is 12.4. The highest BCUT2D eigenvalue weighted by atomic mass is 19.4. The second-order valence-corrected chi connectivity index (χ2v) is 5.30. The van der Waals surface area contributed by atoms with Crippen LogP contribution in [-0.2, 0) is 11.3 Å². The van der Waals surface area contributed by atoms with Gasteiger partial charge in [-0.1, -0.05) is 0 Å². The van der Waals surface area contributed by atoms with E-state index in [0.717, 1.165) is 0 Å². The minimum atomic E-state index is -4.24. The van der Waals surface area contributed by atoms with Crippen molar-refractivity contribution in [3.05, 3.63) is 18.1 Å². The van der Waals surface area contributed by atoms with E-state index in [-0.39, 0.29) is 19.0 Å². The maximum absolute atomic E-state index is 12.4. The fourth-order valence-corrected chi connectivity index (χ4v) is 2.48. The molecule has 0 bridgehead atoms. The van der Waals surface area contributed by atoms with Gasteiger partial charge in [0, 0.05) is 12.7 Å². The Labute approximate surface area is 125 Å². The number of aromatic nitrogens is 2.